The Hall–Kier alpha value is -2.40. The predicted octanol–water partition coefficient (Wildman–Crippen LogP) is 3.30. The number of ether oxygens (including phenoxy) is 1. The van der Waals surface area contributed by atoms with Crippen LogP contribution in [0, 0.1) is 0 Å². The molecule has 0 aliphatic carbocycles. The van der Waals surface area contributed by atoms with Gasteiger partial charge in [0.05, 0.1) is 7.11 Å². The number of carbonyl (C=O) groups is 1. The first-order valence-electron chi connectivity index (χ1n) is 8.84. The number of benzene rings is 1. The fourth-order valence-corrected chi connectivity index (χ4v) is 3.40. The van der Waals surface area contributed by atoms with Crippen LogP contribution in [0.4, 0.5) is 0 Å². The van der Waals surface area contributed by atoms with Crippen molar-refractivity contribution in [2.24, 2.45) is 0 Å². The van der Waals surface area contributed by atoms with Crippen LogP contribution < -0.4 is 0 Å². The van der Waals surface area contributed by atoms with Crippen molar-refractivity contribution >= 4 is 12.0 Å². The summed E-state index contributed by atoms with van der Waals surface area (Å²) in [4.78, 5) is 13.7. The Morgan fingerprint density at radius 2 is 2.16 bits per heavy atom. The largest absolute Gasteiger partial charge is 0.466 e. The third-order valence-electron chi connectivity index (χ3n) is 4.69. The molecule has 0 bridgehead atoms. The number of rotatable bonds is 7. The average Bonchev–Trinajstić information content (AvgIpc) is 3.32. The lowest BCUT2D eigenvalue weighted by Gasteiger charge is -2.25. The van der Waals surface area contributed by atoms with Gasteiger partial charge in [-0.2, -0.15) is 5.10 Å². The van der Waals surface area contributed by atoms with Gasteiger partial charge in [-0.1, -0.05) is 24.3 Å². The van der Waals surface area contributed by atoms with Crippen LogP contribution in [0.2, 0.25) is 0 Å². The van der Waals surface area contributed by atoms with Crippen LogP contribution in [0.15, 0.2) is 48.8 Å². The van der Waals surface area contributed by atoms with E-state index in [1.807, 2.05) is 23.1 Å². The van der Waals surface area contributed by atoms with Gasteiger partial charge in [0.2, 0.25) is 0 Å². The van der Waals surface area contributed by atoms with Crippen LogP contribution in [0.1, 0.15) is 36.4 Å². The quantitative estimate of drug-likeness (QED) is 0.574. The molecule has 1 aliphatic rings. The minimum absolute atomic E-state index is 0.330. The van der Waals surface area contributed by atoms with Crippen LogP contribution >= 0.6 is 0 Å². The van der Waals surface area contributed by atoms with E-state index >= 15 is 0 Å². The predicted molar refractivity (Wildman–Crippen MR) is 97.9 cm³/mol. The summed E-state index contributed by atoms with van der Waals surface area (Å²) in [6.45, 7) is 3.22. The van der Waals surface area contributed by atoms with E-state index in [1.165, 1.54) is 31.6 Å². The van der Waals surface area contributed by atoms with Crippen molar-refractivity contribution in [3.63, 3.8) is 0 Å². The first-order valence-corrected chi connectivity index (χ1v) is 8.84. The highest BCUT2D eigenvalue weighted by Gasteiger charge is 2.25. The molecule has 3 rings (SSSR count). The van der Waals surface area contributed by atoms with Gasteiger partial charge in [-0.05, 0) is 49.1 Å². The molecule has 1 aromatic heterocycles. The number of hydrogen-bond acceptors (Lipinski definition) is 4. The third-order valence-corrected chi connectivity index (χ3v) is 4.69. The molecule has 0 N–H and O–H groups in total. The van der Waals surface area contributed by atoms with Gasteiger partial charge in [0.25, 0.3) is 0 Å². The van der Waals surface area contributed by atoms with Gasteiger partial charge in [0.15, 0.2) is 0 Å². The average molecular weight is 339 g/mol. The highest BCUT2D eigenvalue weighted by atomic mass is 16.5. The second-order valence-corrected chi connectivity index (χ2v) is 6.34. The van der Waals surface area contributed by atoms with Crippen molar-refractivity contribution in [1.29, 1.82) is 0 Å². The maximum Gasteiger partial charge on any atom is 0.330 e. The van der Waals surface area contributed by atoms with E-state index in [9.17, 15) is 4.79 Å². The van der Waals surface area contributed by atoms with E-state index < -0.39 is 0 Å². The van der Waals surface area contributed by atoms with E-state index in [2.05, 4.69) is 39.0 Å². The number of carbonyl (C=O) groups excluding carboxylic acids is 1. The maximum atomic E-state index is 11.2. The van der Waals surface area contributed by atoms with E-state index in [1.54, 1.807) is 6.08 Å². The molecule has 0 spiro atoms. The van der Waals surface area contributed by atoms with Crippen LogP contribution in [0.5, 0.6) is 0 Å². The standard InChI is InChI=1S/C20H25N3O2/c1-25-20(24)11-8-17-6-9-18(10-7-17)19-5-2-13-22(19)14-4-16-23-15-3-12-21-23/h3,6-12,15,19H,2,4-5,13-14,16H2,1H3/t19-/m0/s1. The van der Waals surface area contributed by atoms with Crippen molar-refractivity contribution in [3.8, 4) is 0 Å². The van der Waals surface area contributed by atoms with Crippen molar-refractivity contribution in [2.75, 3.05) is 20.2 Å². The van der Waals surface area contributed by atoms with Crippen molar-refractivity contribution in [1.82, 2.24) is 14.7 Å². The summed E-state index contributed by atoms with van der Waals surface area (Å²) in [5.41, 5.74) is 2.36. The zero-order valence-corrected chi connectivity index (χ0v) is 14.7. The van der Waals surface area contributed by atoms with Gasteiger partial charge in [-0.3, -0.25) is 9.58 Å². The molecule has 1 atom stereocenters. The molecule has 0 radical (unpaired) electrons. The summed E-state index contributed by atoms with van der Waals surface area (Å²) in [6.07, 6.45) is 10.6. The number of likely N-dealkylation sites (tertiary alicyclic amines) is 1. The number of methoxy groups -OCH3 is 1. The molecule has 1 saturated heterocycles. The minimum Gasteiger partial charge on any atom is -0.466 e. The monoisotopic (exact) mass is 339 g/mol. The molecule has 1 aliphatic heterocycles. The molecule has 2 aromatic rings. The molecule has 5 nitrogen and oxygen atoms in total. The topological polar surface area (TPSA) is 47.4 Å². The second-order valence-electron chi connectivity index (χ2n) is 6.34. The Morgan fingerprint density at radius 3 is 2.88 bits per heavy atom. The lowest BCUT2D eigenvalue weighted by molar-refractivity contribution is -0.134. The van der Waals surface area contributed by atoms with Crippen LogP contribution in [-0.2, 0) is 16.1 Å². The second kappa shape index (κ2) is 8.62. The SMILES string of the molecule is COC(=O)C=Cc1ccc([C@@H]2CCCN2CCCn2cccn2)cc1. The lowest BCUT2D eigenvalue weighted by Crippen LogP contribution is -2.25. The van der Waals surface area contributed by atoms with Crippen molar-refractivity contribution < 1.29 is 9.53 Å². The summed E-state index contributed by atoms with van der Waals surface area (Å²) in [5.74, 6) is -0.330. The number of nitrogens with zero attached hydrogens (tertiary/aromatic N) is 3. The summed E-state index contributed by atoms with van der Waals surface area (Å²) in [5, 5.41) is 4.26. The minimum atomic E-state index is -0.330. The third kappa shape index (κ3) is 4.79. The molecule has 132 valence electrons. The highest BCUT2D eigenvalue weighted by Crippen LogP contribution is 2.32. The van der Waals surface area contributed by atoms with Crippen molar-refractivity contribution in [3.05, 3.63) is 59.9 Å². The number of aryl methyl sites for hydroxylation is 1. The highest BCUT2D eigenvalue weighted by molar-refractivity contribution is 5.86. The molecular formula is C20H25N3O2. The van der Waals surface area contributed by atoms with E-state index in [4.69, 9.17) is 0 Å². The van der Waals surface area contributed by atoms with Gasteiger partial charge in [-0.25, -0.2) is 4.79 Å². The molecule has 1 fully saturated rings. The summed E-state index contributed by atoms with van der Waals surface area (Å²) >= 11 is 0. The van der Waals surface area contributed by atoms with E-state index in [-0.39, 0.29) is 5.97 Å². The fraction of sp³-hybridized carbons (Fsp3) is 0.400. The van der Waals surface area contributed by atoms with Gasteiger partial charge >= 0.3 is 5.97 Å². The van der Waals surface area contributed by atoms with E-state index in [0.717, 1.165) is 31.6 Å². The molecule has 2 heterocycles. The van der Waals surface area contributed by atoms with Gasteiger partial charge in [-0.15, -0.1) is 0 Å². The fourth-order valence-electron chi connectivity index (χ4n) is 3.40. The Balaban J connectivity index is 1.56. The Kier molecular flexibility index (Phi) is 6.01. The Morgan fingerprint density at radius 1 is 1.32 bits per heavy atom. The molecular weight excluding hydrogens is 314 g/mol. The Bertz CT molecular complexity index is 692. The van der Waals surface area contributed by atoms with Crippen LogP contribution in [0.25, 0.3) is 6.08 Å². The molecule has 0 saturated carbocycles. The van der Waals surface area contributed by atoms with Gasteiger partial charge in [0.1, 0.15) is 0 Å². The van der Waals surface area contributed by atoms with E-state index in [0.29, 0.717) is 6.04 Å². The van der Waals surface area contributed by atoms with Gasteiger partial charge < -0.3 is 4.74 Å². The van der Waals surface area contributed by atoms with Gasteiger partial charge in [0, 0.05) is 37.6 Å². The summed E-state index contributed by atoms with van der Waals surface area (Å²) in [6, 6.07) is 10.9. The number of hydrogen-bond donors (Lipinski definition) is 0. The first-order chi connectivity index (χ1) is 12.3. The zero-order chi connectivity index (χ0) is 17.5. The van der Waals surface area contributed by atoms with Crippen LogP contribution in [-0.4, -0.2) is 40.8 Å². The molecule has 0 unspecified atom stereocenters. The molecule has 5 heteroatoms. The number of esters is 1. The maximum absolute atomic E-state index is 11.2. The molecule has 25 heavy (non-hydrogen) atoms. The van der Waals surface area contributed by atoms with Crippen LogP contribution in [0.3, 0.4) is 0 Å². The zero-order valence-electron chi connectivity index (χ0n) is 14.7. The first kappa shape index (κ1) is 17.4. The molecule has 0 amide bonds. The molecule has 1 aromatic carbocycles. The Labute approximate surface area is 148 Å². The number of aromatic nitrogens is 2. The normalized spacial score (nSPS) is 18.0. The summed E-state index contributed by atoms with van der Waals surface area (Å²) < 4.78 is 6.61. The lowest BCUT2D eigenvalue weighted by atomic mass is 10.0. The smallest absolute Gasteiger partial charge is 0.330 e. The van der Waals surface area contributed by atoms with Crippen molar-refractivity contribution in [2.45, 2.75) is 31.8 Å². The summed E-state index contributed by atoms with van der Waals surface area (Å²) in [7, 11) is 1.39.